The van der Waals surface area contributed by atoms with Gasteiger partial charge in [0.2, 0.25) is 0 Å². The quantitative estimate of drug-likeness (QED) is 0.515. The van der Waals surface area contributed by atoms with Crippen molar-refractivity contribution in [2.24, 2.45) is 0 Å². The zero-order chi connectivity index (χ0) is 20.8. The Balaban J connectivity index is 1.65. The summed E-state index contributed by atoms with van der Waals surface area (Å²) in [6.45, 7) is 0. The molecule has 1 aromatic carbocycles. The molecule has 0 bridgehead atoms. The Labute approximate surface area is 172 Å². The average Bonchev–Trinajstić information content (AvgIpc) is 2.80. The van der Waals surface area contributed by atoms with Crippen LogP contribution in [0.4, 0.5) is 0 Å². The second kappa shape index (κ2) is 8.87. The van der Waals surface area contributed by atoms with Crippen molar-refractivity contribution in [3.63, 3.8) is 0 Å². The number of aromatic amines is 1. The molecule has 8 heteroatoms. The Bertz CT molecular complexity index is 1180. The highest BCUT2D eigenvalue weighted by atomic mass is 16.2. The maximum absolute atomic E-state index is 12.7. The number of pyridine rings is 1. The van der Waals surface area contributed by atoms with E-state index in [4.69, 9.17) is 0 Å². The van der Waals surface area contributed by atoms with Crippen LogP contribution in [0.1, 0.15) is 27.8 Å². The Morgan fingerprint density at radius 3 is 2.57 bits per heavy atom. The zero-order valence-electron chi connectivity index (χ0n) is 15.9. The van der Waals surface area contributed by atoms with Gasteiger partial charge in [-0.05, 0) is 17.7 Å². The summed E-state index contributed by atoms with van der Waals surface area (Å²) in [6.07, 6.45) is 6.33. The van der Waals surface area contributed by atoms with Crippen molar-refractivity contribution < 1.29 is 4.79 Å². The van der Waals surface area contributed by atoms with E-state index in [0.29, 0.717) is 23.6 Å². The number of hydrogen-bond donors (Lipinski definition) is 2. The first-order valence-corrected chi connectivity index (χ1v) is 9.32. The molecule has 0 aliphatic carbocycles. The highest BCUT2D eigenvalue weighted by Gasteiger charge is 2.19. The van der Waals surface area contributed by atoms with Crippen LogP contribution in [0.25, 0.3) is 11.5 Å². The normalized spacial score (nSPS) is 11.6. The molecule has 0 saturated carbocycles. The van der Waals surface area contributed by atoms with Crippen LogP contribution in [0.15, 0.2) is 84.2 Å². The molecule has 1 atom stereocenters. The van der Waals surface area contributed by atoms with E-state index in [0.717, 1.165) is 5.56 Å². The summed E-state index contributed by atoms with van der Waals surface area (Å²) in [5.74, 6) is 0.0249. The average molecular weight is 398 g/mol. The van der Waals surface area contributed by atoms with Crippen LogP contribution in [-0.2, 0) is 6.42 Å². The van der Waals surface area contributed by atoms with Crippen molar-refractivity contribution in [1.82, 2.24) is 30.2 Å². The molecule has 0 radical (unpaired) electrons. The Morgan fingerprint density at radius 2 is 1.83 bits per heavy atom. The van der Waals surface area contributed by atoms with Crippen LogP contribution < -0.4 is 10.9 Å². The third-order valence-corrected chi connectivity index (χ3v) is 4.42. The van der Waals surface area contributed by atoms with Gasteiger partial charge in [-0.15, -0.1) is 0 Å². The van der Waals surface area contributed by atoms with E-state index in [1.165, 1.54) is 24.7 Å². The molecule has 0 unspecified atom stereocenters. The maximum atomic E-state index is 12.7. The molecule has 0 saturated heterocycles. The Morgan fingerprint density at radius 1 is 1.00 bits per heavy atom. The number of carbonyl (C=O) groups excluding carboxylic acids is 1. The summed E-state index contributed by atoms with van der Waals surface area (Å²) in [6, 6.07) is 15.9. The van der Waals surface area contributed by atoms with Crippen molar-refractivity contribution in [2.75, 3.05) is 0 Å². The van der Waals surface area contributed by atoms with E-state index in [2.05, 4.69) is 30.2 Å². The molecule has 2 N–H and O–H groups in total. The number of aromatic nitrogens is 5. The zero-order valence-corrected chi connectivity index (χ0v) is 15.9. The molecule has 1 amide bonds. The molecule has 0 spiro atoms. The first-order chi connectivity index (χ1) is 14.7. The fraction of sp³-hybridized carbons (Fsp3) is 0.0909. The molecular weight excluding hydrogens is 380 g/mol. The fourth-order valence-electron chi connectivity index (χ4n) is 3.03. The van der Waals surface area contributed by atoms with Crippen molar-refractivity contribution in [3.8, 4) is 11.5 Å². The van der Waals surface area contributed by atoms with E-state index in [1.807, 2.05) is 36.4 Å². The highest BCUT2D eigenvalue weighted by Crippen LogP contribution is 2.19. The third kappa shape index (κ3) is 4.61. The number of H-pyrrole nitrogens is 1. The highest BCUT2D eigenvalue weighted by molar-refractivity contribution is 5.92. The smallest absolute Gasteiger partial charge is 0.271 e. The van der Waals surface area contributed by atoms with Gasteiger partial charge in [0, 0.05) is 31.1 Å². The van der Waals surface area contributed by atoms with Crippen LogP contribution in [-0.4, -0.2) is 30.8 Å². The summed E-state index contributed by atoms with van der Waals surface area (Å²) in [4.78, 5) is 44.4. The summed E-state index contributed by atoms with van der Waals surface area (Å²) in [5.41, 5.74) is 1.92. The van der Waals surface area contributed by atoms with Gasteiger partial charge in [-0.2, -0.15) is 0 Å². The first kappa shape index (κ1) is 19.1. The summed E-state index contributed by atoms with van der Waals surface area (Å²) in [7, 11) is 0. The monoisotopic (exact) mass is 398 g/mol. The molecule has 3 heterocycles. The number of carbonyl (C=O) groups is 1. The predicted octanol–water partition coefficient (Wildman–Crippen LogP) is 2.34. The number of hydrogen-bond acceptors (Lipinski definition) is 6. The van der Waals surface area contributed by atoms with Crippen LogP contribution in [0.2, 0.25) is 0 Å². The van der Waals surface area contributed by atoms with Gasteiger partial charge in [0.25, 0.3) is 11.5 Å². The Hall–Kier alpha value is -4.20. The minimum absolute atomic E-state index is 0.214. The minimum Gasteiger partial charge on any atom is -0.343 e. The van der Waals surface area contributed by atoms with Crippen LogP contribution in [0.5, 0.6) is 0 Å². The SMILES string of the molecule is O=C(N[C@@H](Cc1cc(=O)[nH]c(-c2ccccn2)n1)c1ccccc1)c1cnccn1. The van der Waals surface area contributed by atoms with Gasteiger partial charge >= 0.3 is 0 Å². The Kier molecular flexibility index (Phi) is 5.66. The predicted molar refractivity (Wildman–Crippen MR) is 110 cm³/mol. The standard InChI is InChI=1S/C22H18N6O2/c29-20-13-16(26-21(28-20)17-8-4-5-9-24-17)12-18(15-6-2-1-3-7-15)27-22(30)19-14-23-10-11-25-19/h1-11,13-14,18H,12H2,(H,27,30)(H,26,28,29)/t18-/m0/s1. The lowest BCUT2D eigenvalue weighted by molar-refractivity contribution is 0.0931. The van der Waals surface area contributed by atoms with Gasteiger partial charge in [0.1, 0.15) is 11.4 Å². The molecule has 8 nitrogen and oxygen atoms in total. The number of nitrogens with one attached hydrogen (secondary N) is 2. The van der Waals surface area contributed by atoms with Crippen LogP contribution in [0, 0.1) is 0 Å². The second-order valence-electron chi connectivity index (χ2n) is 6.53. The fourth-order valence-corrected chi connectivity index (χ4v) is 3.03. The number of amides is 1. The van der Waals surface area contributed by atoms with E-state index in [9.17, 15) is 9.59 Å². The maximum Gasteiger partial charge on any atom is 0.271 e. The molecule has 30 heavy (non-hydrogen) atoms. The van der Waals surface area contributed by atoms with E-state index in [-0.39, 0.29) is 17.2 Å². The van der Waals surface area contributed by atoms with Gasteiger partial charge in [-0.3, -0.25) is 19.6 Å². The number of nitrogens with zero attached hydrogens (tertiary/aromatic N) is 4. The van der Waals surface area contributed by atoms with Gasteiger partial charge in [0.05, 0.1) is 17.9 Å². The summed E-state index contributed by atoms with van der Waals surface area (Å²) >= 11 is 0. The van der Waals surface area contributed by atoms with Gasteiger partial charge in [-0.25, -0.2) is 9.97 Å². The van der Waals surface area contributed by atoms with Gasteiger partial charge in [0.15, 0.2) is 5.82 Å². The lowest BCUT2D eigenvalue weighted by atomic mass is 10.0. The second-order valence-corrected chi connectivity index (χ2v) is 6.53. The van der Waals surface area contributed by atoms with Crippen molar-refractivity contribution in [3.05, 3.63) is 107 Å². The number of rotatable bonds is 6. The minimum atomic E-state index is -0.411. The van der Waals surface area contributed by atoms with E-state index in [1.54, 1.807) is 18.3 Å². The molecule has 0 aliphatic heterocycles. The van der Waals surface area contributed by atoms with Crippen LogP contribution in [0.3, 0.4) is 0 Å². The molecule has 4 rings (SSSR count). The molecule has 4 aromatic rings. The van der Waals surface area contributed by atoms with Gasteiger partial charge in [-0.1, -0.05) is 36.4 Å². The van der Waals surface area contributed by atoms with Crippen molar-refractivity contribution in [2.45, 2.75) is 12.5 Å². The topological polar surface area (TPSA) is 114 Å². The largest absolute Gasteiger partial charge is 0.343 e. The van der Waals surface area contributed by atoms with E-state index >= 15 is 0 Å². The third-order valence-electron chi connectivity index (χ3n) is 4.42. The lowest BCUT2D eigenvalue weighted by Crippen LogP contribution is -2.31. The van der Waals surface area contributed by atoms with Crippen molar-refractivity contribution in [1.29, 1.82) is 0 Å². The van der Waals surface area contributed by atoms with Crippen molar-refractivity contribution >= 4 is 5.91 Å². The van der Waals surface area contributed by atoms with Gasteiger partial charge < -0.3 is 10.3 Å². The molecular formula is C22H18N6O2. The molecule has 3 aromatic heterocycles. The summed E-state index contributed by atoms with van der Waals surface area (Å²) in [5, 5.41) is 2.97. The lowest BCUT2D eigenvalue weighted by Gasteiger charge is -2.19. The van der Waals surface area contributed by atoms with Crippen LogP contribution >= 0.6 is 0 Å². The molecule has 148 valence electrons. The van der Waals surface area contributed by atoms with E-state index < -0.39 is 6.04 Å². The molecule has 0 fully saturated rings. The number of benzene rings is 1. The first-order valence-electron chi connectivity index (χ1n) is 9.32. The molecule has 0 aliphatic rings. The summed E-state index contributed by atoms with van der Waals surface area (Å²) < 4.78 is 0.